The Morgan fingerprint density at radius 1 is 1.45 bits per heavy atom. The molecule has 0 aromatic heterocycles. The number of hydrogen-bond donors (Lipinski definition) is 2. The molecule has 0 saturated heterocycles. The summed E-state index contributed by atoms with van der Waals surface area (Å²) < 4.78 is 0. The van der Waals surface area contributed by atoms with Crippen molar-refractivity contribution in [2.45, 2.75) is 37.3 Å². The van der Waals surface area contributed by atoms with Gasteiger partial charge in [0.25, 0.3) is 0 Å². The molecule has 2 rings (SSSR count). The van der Waals surface area contributed by atoms with E-state index in [1.54, 1.807) is 11.8 Å². The first-order valence-corrected chi connectivity index (χ1v) is 8.55. The first-order valence-electron chi connectivity index (χ1n) is 6.78. The van der Waals surface area contributed by atoms with Crippen molar-refractivity contribution < 1.29 is 9.90 Å². The number of halogens is 1. The minimum absolute atomic E-state index is 0.161. The SMILES string of the molecule is CSCC[C@@H](O)C(=O)NC1(Cc2ccc(Cl)cc2)CC1. The summed E-state index contributed by atoms with van der Waals surface area (Å²) in [5.74, 6) is 0.546. The van der Waals surface area contributed by atoms with Crippen LogP contribution in [0.25, 0.3) is 0 Å². The third-order valence-corrected chi connectivity index (χ3v) is 4.49. The van der Waals surface area contributed by atoms with Gasteiger partial charge in [0.2, 0.25) is 5.91 Å². The van der Waals surface area contributed by atoms with Crippen molar-refractivity contribution in [1.82, 2.24) is 5.32 Å². The van der Waals surface area contributed by atoms with E-state index in [1.165, 1.54) is 0 Å². The zero-order valence-corrected chi connectivity index (χ0v) is 13.1. The Bertz CT molecular complexity index is 459. The Labute approximate surface area is 129 Å². The topological polar surface area (TPSA) is 49.3 Å². The van der Waals surface area contributed by atoms with E-state index in [4.69, 9.17) is 11.6 Å². The number of hydrogen-bond acceptors (Lipinski definition) is 3. The van der Waals surface area contributed by atoms with Crippen LogP contribution >= 0.6 is 23.4 Å². The van der Waals surface area contributed by atoms with Crippen molar-refractivity contribution in [1.29, 1.82) is 0 Å². The van der Waals surface area contributed by atoms with Crippen molar-refractivity contribution in [2.75, 3.05) is 12.0 Å². The van der Waals surface area contributed by atoms with Crippen molar-refractivity contribution >= 4 is 29.3 Å². The maximum Gasteiger partial charge on any atom is 0.249 e. The molecule has 0 spiro atoms. The van der Waals surface area contributed by atoms with Crippen LogP contribution in [0.1, 0.15) is 24.8 Å². The van der Waals surface area contributed by atoms with Crippen LogP contribution < -0.4 is 5.32 Å². The molecule has 1 atom stereocenters. The normalized spacial score (nSPS) is 17.6. The monoisotopic (exact) mass is 313 g/mol. The van der Waals surface area contributed by atoms with Gasteiger partial charge in [-0.2, -0.15) is 11.8 Å². The van der Waals surface area contributed by atoms with E-state index in [1.807, 2.05) is 30.5 Å². The first kappa shape index (κ1) is 15.7. The fourth-order valence-electron chi connectivity index (χ4n) is 2.20. The van der Waals surface area contributed by atoms with Gasteiger partial charge in [-0.15, -0.1) is 0 Å². The zero-order chi connectivity index (χ0) is 14.6. The lowest BCUT2D eigenvalue weighted by Crippen LogP contribution is -2.44. The molecule has 1 aromatic carbocycles. The molecule has 3 nitrogen and oxygen atoms in total. The lowest BCUT2D eigenvalue weighted by molar-refractivity contribution is -0.130. The predicted molar refractivity (Wildman–Crippen MR) is 84.3 cm³/mol. The number of amides is 1. The van der Waals surface area contributed by atoms with Gasteiger partial charge in [0.15, 0.2) is 0 Å². The second-order valence-corrected chi connectivity index (χ2v) is 6.79. The molecule has 0 heterocycles. The van der Waals surface area contributed by atoms with Crippen LogP contribution in [0.2, 0.25) is 5.02 Å². The molecule has 0 unspecified atom stereocenters. The van der Waals surface area contributed by atoms with Gasteiger partial charge in [0.05, 0.1) is 0 Å². The highest BCUT2D eigenvalue weighted by molar-refractivity contribution is 7.98. The highest BCUT2D eigenvalue weighted by atomic mass is 35.5. The molecule has 5 heteroatoms. The van der Waals surface area contributed by atoms with Crippen molar-refractivity contribution in [3.8, 4) is 0 Å². The smallest absolute Gasteiger partial charge is 0.249 e. The van der Waals surface area contributed by atoms with Crippen LogP contribution in [0.3, 0.4) is 0 Å². The summed E-state index contributed by atoms with van der Waals surface area (Å²) in [6.45, 7) is 0. The molecule has 1 saturated carbocycles. The van der Waals surface area contributed by atoms with Crippen LogP contribution in [-0.4, -0.2) is 34.7 Å². The summed E-state index contributed by atoms with van der Waals surface area (Å²) in [6.07, 6.45) is 4.31. The van der Waals surface area contributed by atoms with Crippen LogP contribution in [0.4, 0.5) is 0 Å². The highest BCUT2D eigenvalue weighted by Crippen LogP contribution is 2.38. The van der Waals surface area contributed by atoms with E-state index >= 15 is 0 Å². The molecule has 1 amide bonds. The molecular weight excluding hydrogens is 294 g/mol. The molecule has 1 aliphatic rings. The van der Waals surface area contributed by atoms with Crippen LogP contribution in [-0.2, 0) is 11.2 Å². The van der Waals surface area contributed by atoms with Crippen LogP contribution in [0.5, 0.6) is 0 Å². The summed E-state index contributed by atoms with van der Waals surface area (Å²) in [5.41, 5.74) is 0.997. The molecule has 0 aliphatic heterocycles. The number of nitrogens with one attached hydrogen (secondary N) is 1. The number of rotatable bonds is 7. The molecule has 1 aliphatic carbocycles. The molecule has 0 bridgehead atoms. The predicted octanol–water partition coefficient (Wildman–Crippen LogP) is 2.65. The number of aliphatic hydroxyl groups excluding tert-OH is 1. The molecular formula is C15H20ClNO2S. The van der Waals surface area contributed by atoms with Gasteiger partial charge in [-0.3, -0.25) is 4.79 Å². The summed E-state index contributed by atoms with van der Waals surface area (Å²) in [4.78, 5) is 12.0. The van der Waals surface area contributed by atoms with Crippen LogP contribution in [0.15, 0.2) is 24.3 Å². The van der Waals surface area contributed by atoms with Gasteiger partial charge in [-0.1, -0.05) is 23.7 Å². The minimum Gasteiger partial charge on any atom is -0.383 e. The standard InChI is InChI=1S/C15H20ClNO2S/c1-20-9-6-13(18)14(19)17-15(7-8-15)10-11-2-4-12(16)5-3-11/h2-5,13,18H,6-10H2,1H3,(H,17,19)/t13-/m1/s1. The number of benzene rings is 1. The third-order valence-electron chi connectivity index (χ3n) is 3.60. The number of thioether (sulfide) groups is 1. The lowest BCUT2D eigenvalue weighted by atomic mass is 10.0. The number of carbonyl (C=O) groups is 1. The Hall–Kier alpha value is -0.710. The largest absolute Gasteiger partial charge is 0.383 e. The Morgan fingerprint density at radius 2 is 2.10 bits per heavy atom. The van der Waals surface area contributed by atoms with E-state index < -0.39 is 6.10 Å². The second kappa shape index (κ2) is 6.83. The van der Waals surface area contributed by atoms with E-state index in [9.17, 15) is 9.90 Å². The van der Waals surface area contributed by atoms with Gasteiger partial charge in [0, 0.05) is 10.6 Å². The van der Waals surface area contributed by atoms with Gasteiger partial charge < -0.3 is 10.4 Å². The molecule has 1 aromatic rings. The number of aliphatic hydroxyl groups is 1. The Morgan fingerprint density at radius 3 is 2.65 bits per heavy atom. The summed E-state index contributed by atoms with van der Waals surface area (Å²) in [7, 11) is 0. The summed E-state index contributed by atoms with van der Waals surface area (Å²) >= 11 is 7.50. The van der Waals surface area contributed by atoms with Crippen molar-refractivity contribution in [3.05, 3.63) is 34.9 Å². The van der Waals surface area contributed by atoms with Gasteiger partial charge in [-0.25, -0.2) is 0 Å². The fraction of sp³-hybridized carbons (Fsp3) is 0.533. The van der Waals surface area contributed by atoms with Gasteiger partial charge in [-0.05, 0) is 55.4 Å². The average molecular weight is 314 g/mol. The zero-order valence-electron chi connectivity index (χ0n) is 11.6. The first-order chi connectivity index (χ1) is 9.54. The maximum atomic E-state index is 12.0. The summed E-state index contributed by atoms with van der Waals surface area (Å²) in [5, 5.41) is 13.5. The molecule has 1 fully saturated rings. The molecule has 110 valence electrons. The minimum atomic E-state index is -0.898. The average Bonchev–Trinajstić information content (AvgIpc) is 3.18. The van der Waals surface area contributed by atoms with Gasteiger partial charge in [0.1, 0.15) is 6.10 Å². The highest BCUT2D eigenvalue weighted by Gasteiger charge is 2.44. The fourth-order valence-corrected chi connectivity index (χ4v) is 2.78. The summed E-state index contributed by atoms with van der Waals surface area (Å²) in [6, 6.07) is 7.70. The van der Waals surface area contributed by atoms with Crippen molar-refractivity contribution in [2.24, 2.45) is 0 Å². The van der Waals surface area contributed by atoms with Crippen LogP contribution in [0, 0.1) is 0 Å². The number of carbonyl (C=O) groups excluding carboxylic acids is 1. The van der Waals surface area contributed by atoms with E-state index in [-0.39, 0.29) is 11.4 Å². The molecule has 20 heavy (non-hydrogen) atoms. The van der Waals surface area contributed by atoms with Gasteiger partial charge >= 0.3 is 0 Å². The Kier molecular flexibility index (Phi) is 5.35. The lowest BCUT2D eigenvalue weighted by Gasteiger charge is -2.20. The molecule has 0 radical (unpaired) electrons. The van der Waals surface area contributed by atoms with E-state index in [2.05, 4.69) is 5.32 Å². The third kappa shape index (κ3) is 4.40. The quantitative estimate of drug-likeness (QED) is 0.813. The second-order valence-electron chi connectivity index (χ2n) is 5.37. The Balaban J connectivity index is 1.88. The van der Waals surface area contributed by atoms with Crippen molar-refractivity contribution in [3.63, 3.8) is 0 Å². The maximum absolute atomic E-state index is 12.0. The van der Waals surface area contributed by atoms with E-state index in [0.717, 1.165) is 35.6 Å². The molecule has 2 N–H and O–H groups in total. The van der Waals surface area contributed by atoms with E-state index in [0.29, 0.717) is 6.42 Å².